The second kappa shape index (κ2) is 6.86. The summed E-state index contributed by atoms with van der Waals surface area (Å²) in [7, 11) is 0. The Morgan fingerprint density at radius 1 is 1.22 bits per heavy atom. The summed E-state index contributed by atoms with van der Waals surface area (Å²) in [4.78, 5) is 7.01. The number of pyridine rings is 1. The molecule has 18 heavy (non-hydrogen) atoms. The second-order valence-corrected chi connectivity index (χ2v) is 5.70. The Bertz CT molecular complexity index is 327. The maximum atomic E-state index is 4.40. The normalized spacial score (nSPS) is 26.6. The molecule has 0 radical (unpaired) electrons. The smallest absolute Gasteiger partial charge is 0.0416 e. The van der Waals surface area contributed by atoms with Gasteiger partial charge in [-0.3, -0.25) is 4.98 Å². The van der Waals surface area contributed by atoms with Crippen LogP contribution in [0.5, 0.6) is 0 Å². The lowest BCUT2D eigenvalue weighted by Crippen LogP contribution is -2.43. The van der Waals surface area contributed by atoms with Gasteiger partial charge in [0.15, 0.2) is 0 Å². The van der Waals surface area contributed by atoms with Crippen molar-refractivity contribution in [1.82, 2.24) is 15.2 Å². The minimum absolute atomic E-state index is 0.737. The van der Waals surface area contributed by atoms with Crippen LogP contribution in [-0.2, 0) is 6.42 Å². The molecule has 2 unspecified atom stereocenters. The quantitative estimate of drug-likeness (QED) is 0.883. The highest BCUT2D eigenvalue weighted by Crippen LogP contribution is 2.08. The van der Waals surface area contributed by atoms with E-state index in [0.717, 1.165) is 37.9 Å². The van der Waals surface area contributed by atoms with Gasteiger partial charge in [-0.25, -0.2) is 0 Å². The van der Waals surface area contributed by atoms with Gasteiger partial charge in [0.1, 0.15) is 0 Å². The van der Waals surface area contributed by atoms with Crippen molar-refractivity contribution >= 4 is 0 Å². The first-order chi connectivity index (χ1) is 8.74. The van der Waals surface area contributed by atoms with Gasteiger partial charge in [0, 0.05) is 37.9 Å². The number of nitrogens with zero attached hydrogens (tertiary/aromatic N) is 2. The molecule has 2 atom stereocenters. The first-order valence-corrected chi connectivity index (χ1v) is 7.07. The lowest BCUT2D eigenvalue weighted by Gasteiger charge is -2.31. The molecule has 1 aromatic heterocycles. The van der Waals surface area contributed by atoms with Crippen LogP contribution in [-0.4, -0.2) is 42.6 Å². The minimum atomic E-state index is 0.737. The van der Waals surface area contributed by atoms with E-state index in [9.17, 15) is 0 Å². The lowest BCUT2D eigenvalue weighted by molar-refractivity contribution is 0.187. The third-order valence-electron chi connectivity index (χ3n) is 3.54. The number of rotatable bonds is 3. The Labute approximate surface area is 111 Å². The van der Waals surface area contributed by atoms with E-state index in [0.29, 0.717) is 0 Å². The van der Waals surface area contributed by atoms with Crippen molar-refractivity contribution in [2.45, 2.75) is 20.3 Å². The first kappa shape index (κ1) is 13.5. The van der Waals surface area contributed by atoms with Gasteiger partial charge >= 0.3 is 0 Å². The maximum absolute atomic E-state index is 4.40. The van der Waals surface area contributed by atoms with Gasteiger partial charge < -0.3 is 10.2 Å². The molecule has 2 heterocycles. The van der Waals surface area contributed by atoms with Crippen LogP contribution in [0.2, 0.25) is 0 Å². The molecule has 0 bridgehead atoms. The molecule has 0 amide bonds. The van der Waals surface area contributed by atoms with Crippen molar-refractivity contribution in [2.75, 3.05) is 32.7 Å². The molecule has 3 nitrogen and oxygen atoms in total. The molecule has 1 aliphatic heterocycles. The summed E-state index contributed by atoms with van der Waals surface area (Å²) in [6, 6.07) is 6.18. The van der Waals surface area contributed by atoms with E-state index in [4.69, 9.17) is 0 Å². The van der Waals surface area contributed by atoms with Gasteiger partial charge in [-0.15, -0.1) is 0 Å². The molecule has 3 heteroatoms. The molecular weight excluding hydrogens is 222 g/mol. The van der Waals surface area contributed by atoms with Crippen molar-refractivity contribution < 1.29 is 0 Å². The number of aromatic nitrogens is 1. The topological polar surface area (TPSA) is 28.2 Å². The second-order valence-electron chi connectivity index (χ2n) is 5.70. The van der Waals surface area contributed by atoms with Crippen molar-refractivity contribution in [3.63, 3.8) is 0 Å². The summed E-state index contributed by atoms with van der Waals surface area (Å²) in [5.74, 6) is 1.47. The van der Waals surface area contributed by atoms with E-state index < -0.39 is 0 Å². The zero-order valence-electron chi connectivity index (χ0n) is 11.6. The van der Waals surface area contributed by atoms with E-state index in [-0.39, 0.29) is 0 Å². The molecule has 0 aromatic carbocycles. The highest BCUT2D eigenvalue weighted by atomic mass is 15.1. The van der Waals surface area contributed by atoms with Crippen LogP contribution < -0.4 is 5.32 Å². The molecule has 1 aromatic rings. The Kier molecular flexibility index (Phi) is 5.14. The average molecular weight is 247 g/mol. The average Bonchev–Trinajstić information content (AvgIpc) is 2.35. The molecule has 1 aliphatic rings. The summed E-state index contributed by atoms with van der Waals surface area (Å²) in [6.07, 6.45) is 2.95. The fraction of sp³-hybridized carbons (Fsp3) is 0.667. The molecule has 0 aliphatic carbocycles. The molecule has 0 saturated carbocycles. The van der Waals surface area contributed by atoms with Gasteiger partial charge in [0.05, 0.1) is 0 Å². The van der Waals surface area contributed by atoms with E-state index in [1.165, 1.54) is 18.8 Å². The third-order valence-corrected chi connectivity index (χ3v) is 3.54. The van der Waals surface area contributed by atoms with Crippen molar-refractivity contribution in [2.24, 2.45) is 11.8 Å². The van der Waals surface area contributed by atoms with E-state index in [2.05, 4.69) is 41.2 Å². The summed E-state index contributed by atoms with van der Waals surface area (Å²) < 4.78 is 0. The van der Waals surface area contributed by atoms with Gasteiger partial charge in [-0.2, -0.15) is 0 Å². The van der Waals surface area contributed by atoms with Crippen molar-refractivity contribution in [1.29, 1.82) is 0 Å². The van der Waals surface area contributed by atoms with Crippen molar-refractivity contribution in [3.05, 3.63) is 30.1 Å². The van der Waals surface area contributed by atoms with Crippen molar-refractivity contribution in [3.8, 4) is 0 Å². The monoisotopic (exact) mass is 247 g/mol. The Morgan fingerprint density at radius 3 is 2.56 bits per heavy atom. The van der Waals surface area contributed by atoms with Crippen LogP contribution in [0.15, 0.2) is 24.4 Å². The fourth-order valence-corrected chi connectivity index (χ4v) is 2.66. The summed E-state index contributed by atoms with van der Waals surface area (Å²) in [6.45, 7) is 10.5. The first-order valence-electron chi connectivity index (χ1n) is 7.07. The number of hydrogen-bond acceptors (Lipinski definition) is 3. The van der Waals surface area contributed by atoms with Crippen LogP contribution in [0.3, 0.4) is 0 Å². The van der Waals surface area contributed by atoms with Gasteiger partial charge in [-0.1, -0.05) is 19.9 Å². The zero-order chi connectivity index (χ0) is 12.8. The van der Waals surface area contributed by atoms with Crippen LogP contribution in [0.25, 0.3) is 0 Å². The molecule has 1 fully saturated rings. The summed E-state index contributed by atoms with van der Waals surface area (Å²) in [5.41, 5.74) is 1.21. The number of nitrogens with one attached hydrogen (secondary N) is 1. The van der Waals surface area contributed by atoms with Crippen LogP contribution in [0.4, 0.5) is 0 Å². The van der Waals surface area contributed by atoms with E-state index in [1.807, 2.05) is 12.3 Å². The molecule has 100 valence electrons. The third kappa shape index (κ3) is 4.39. The molecular formula is C15H25N3. The van der Waals surface area contributed by atoms with Gasteiger partial charge in [0.2, 0.25) is 0 Å². The minimum Gasteiger partial charge on any atom is -0.316 e. The van der Waals surface area contributed by atoms with Gasteiger partial charge in [-0.05, 0) is 37.1 Å². The standard InChI is InChI=1S/C15H25N3/c1-13-9-16-10-14(2)12-18(11-13)8-6-15-5-3-4-7-17-15/h3-5,7,13-14,16H,6,8-12H2,1-2H3. The summed E-state index contributed by atoms with van der Waals surface area (Å²) in [5, 5.41) is 3.54. The number of hydrogen-bond donors (Lipinski definition) is 1. The zero-order valence-corrected chi connectivity index (χ0v) is 11.6. The van der Waals surface area contributed by atoms with Crippen LogP contribution in [0, 0.1) is 11.8 Å². The molecule has 2 rings (SSSR count). The Balaban J connectivity index is 1.85. The SMILES string of the molecule is CC1CNCC(C)CN(CCc2ccccn2)C1. The Hall–Kier alpha value is -0.930. The Morgan fingerprint density at radius 2 is 1.94 bits per heavy atom. The highest BCUT2D eigenvalue weighted by molar-refractivity contribution is 5.03. The summed E-state index contributed by atoms with van der Waals surface area (Å²) >= 11 is 0. The van der Waals surface area contributed by atoms with E-state index >= 15 is 0 Å². The van der Waals surface area contributed by atoms with Crippen LogP contribution in [0.1, 0.15) is 19.5 Å². The predicted octanol–water partition coefficient (Wildman–Crippen LogP) is 1.80. The predicted molar refractivity (Wildman–Crippen MR) is 75.6 cm³/mol. The largest absolute Gasteiger partial charge is 0.316 e. The lowest BCUT2D eigenvalue weighted by atomic mass is 10.1. The van der Waals surface area contributed by atoms with Gasteiger partial charge in [0.25, 0.3) is 0 Å². The highest BCUT2D eigenvalue weighted by Gasteiger charge is 2.16. The molecule has 0 spiro atoms. The van der Waals surface area contributed by atoms with E-state index in [1.54, 1.807) is 0 Å². The molecule has 1 saturated heterocycles. The van der Waals surface area contributed by atoms with Crippen LogP contribution >= 0.6 is 0 Å². The maximum Gasteiger partial charge on any atom is 0.0416 e. The fourth-order valence-electron chi connectivity index (χ4n) is 2.66. The molecule has 1 N–H and O–H groups in total.